The molecular weight excluding hydrogens is 176 g/mol. The third-order valence-corrected chi connectivity index (χ3v) is 3.63. The Morgan fingerprint density at radius 1 is 1.21 bits per heavy atom. The van der Waals surface area contributed by atoms with Gasteiger partial charge in [-0.25, -0.2) is 0 Å². The summed E-state index contributed by atoms with van der Waals surface area (Å²) in [5.74, 6) is 0.338. The Kier molecular flexibility index (Phi) is 2.52. The summed E-state index contributed by atoms with van der Waals surface area (Å²) in [6, 6.07) is 0. The predicted molar refractivity (Wildman–Crippen MR) is 56.0 cm³/mol. The Hall–Kier alpha value is -0.570. The van der Waals surface area contributed by atoms with E-state index >= 15 is 0 Å². The first-order chi connectivity index (χ1) is 6.61. The molecule has 0 saturated carbocycles. The molecule has 0 unspecified atom stereocenters. The van der Waals surface area contributed by atoms with E-state index in [1.807, 2.05) is 13.8 Å². The van der Waals surface area contributed by atoms with Crippen LogP contribution in [0.4, 0.5) is 0 Å². The van der Waals surface area contributed by atoms with Crippen molar-refractivity contribution in [1.82, 2.24) is 10.2 Å². The highest BCUT2D eigenvalue weighted by molar-refractivity contribution is 5.78. The Bertz CT molecular complexity index is 216. The third kappa shape index (κ3) is 1.78. The molecule has 3 aliphatic heterocycles. The first-order valence-electron chi connectivity index (χ1n) is 5.66. The van der Waals surface area contributed by atoms with Crippen LogP contribution in [0.5, 0.6) is 0 Å². The zero-order chi connectivity index (χ0) is 10.2. The molecule has 0 aromatic rings. The highest BCUT2D eigenvalue weighted by Crippen LogP contribution is 2.31. The van der Waals surface area contributed by atoms with Gasteiger partial charge in [-0.2, -0.15) is 0 Å². The van der Waals surface area contributed by atoms with Crippen molar-refractivity contribution >= 4 is 5.91 Å². The van der Waals surface area contributed by atoms with Gasteiger partial charge in [-0.05, 0) is 19.3 Å². The molecule has 3 nitrogen and oxygen atoms in total. The number of amides is 1. The SMILES string of the molecule is CC(C)C(=O)NC12CCN(CC1)CC2. The molecule has 3 rings (SSSR count). The maximum absolute atomic E-state index is 11.7. The number of hydrogen-bond donors (Lipinski definition) is 1. The van der Waals surface area contributed by atoms with Gasteiger partial charge in [0.1, 0.15) is 0 Å². The fraction of sp³-hybridized carbons (Fsp3) is 0.909. The number of fused-ring (bicyclic) bond motifs is 3. The van der Waals surface area contributed by atoms with Crippen LogP contribution in [0.3, 0.4) is 0 Å². The topological polar surface area (TPSA) is 32.3 Å². The van der Waals surface area contributed by atoms with Crippen LogP contribution in [-0.2, 0) is 4.79 Å². The summed E-state index contributed by atoms with van der Waals surface area (Å²) < 4.78 is 0. The number of piperidine rings is 3. The minimum absolute atomic E-state index is 0.115. The minimum Gasteiger partial charge on any atom is -0.350 e. The second kappa shape index (κ2) is 3.54. The number of carbonyl (C=O) groups is 1. The van der Waals surface area contributed by atoms with E-state index in [4.69, 9.17) is 0 Å². The number of nitrogens with zero attached hydrogens (tertiary/aromatic N) is 1. The summed E-state index contributed by atoms with van der Waals surface area (Å²) in [5.41, 5.74) is 0.149. The summed E-state index contributed by atoms with van der Waals surface area (Å²) in [5, 5.41) is 3.25. The van der Waals surface area contributed by atoms with Gasteiger partial charge in [0.15, 0.2) is 0 Å². The maximum Gasteiger partial charge on any atom is 0.222 e. The zero-order valence-corrected chi connectivity index (χ0v) is 9.18. The van der Waals surface area contributed by atoms with Gasteiger partial charge in [-0.1, -0.05) is 13.8 Å². The predicted octanol–water partition coefficient (Wildman–Crippen LogP) is 0.997. The van der Waals surface area contributed by atoms with Gasteiger partial charge in [-0.15, -0.1) is 0 Å². The van der Waals surface area contributed by atoms with Crippen molar-refractivity contribution in [3.05, 3.63) is 0 Å². The van der Waals surface area contributed by atoms with Crippen molar-refractivity contribution in [3.63, 3.8) is 0 Å². The summed E-state index contributed by atoms with van der Waals surface area (Å²) in [4.78, 5) is 14.2. The van der Waals surface area contributed by atoms with E-state index in [1.54, 1.807) is 0 Å². The summed E-state index contributed by atoms with van der Waals surface area (Å²) in [6.07, 6.45) is 3.43. The monoisotopic (exact) mass is 196 g/mol. The van der Waals surface area contributed by atoms with E-state index in [1.165, 1.54) is 19.6 Å². The molecule has 3 heteroatoms. The van der Waals surface area contributed by atoms with E-state index in [-0.39, 0.29) is 17.4 Å². The molecule has 0 aliphatic carbocycles. The van der Waals surface area contributed by atoms with Crippen molar-refractivity contribution in [2.45, 2.75) is 38.6 Å². The van der Waals surface area contributed by atoms with Gasteiger partial charge in [0.25, 0.3) is 0 Å². The van der Waals surface area contributed by atoms with Gasteiger partial charge in [0.2, 0.25) is 5.91 Å². The Labute approximate surface area is 85.8 Å². The number of hydrogen-bond acceptors (Lipinski definition) is 2. The second-order valence-electron chi connectivity index (χ2n) is 5.02. The Balaban J connectivity index is 1.98. The standard InChI is InChI=1S/C11H20N2O/c1-9(2)10(14)12-11-3-6-13(7-4-11)8-5-11/h9H,3-8H2,1-2H3,(H,12,14). The Morgan fingerprint density at radius 2 is 1.71 bits per heavy atom. The van der Waals surface area contributed by atoms with Crippen molar-refractivity contribution in [2.24, 2.45) is 5.92 Å². The molecule has 0 aromatic carbocycles. The van der Waals surface area contributed by atoms with Gasteiger partial charge in [0, 0.05) is 31.1 Å². The van der Waals surface area contributed by atoms with Crippen LogP contribution in [0.15, 0.2) is 0 Å². The van der Waals surface area contributed by atoms with Crippen LogP contribution >= 0.6 is 0 Å². The van der Waals surface area contributed by atoms with E-state index < -0.39 is 0 Å². The summed E-state index contributed by atoms with van der Waals surface area (Å²) in [6.45, 7) is 7.42. The normalized spacial score (nSPS) is 36.1. The first-order valence-corrected chi connectivity index (χ1v) is 5.66. The average Bonchev–Trinajstić information content (AvgIpc) is 2.19. The lowest BCUT2D eigenvalue weighted by Gasteiger charge is -2.49. The molecule has 0 atom stereocenters. The highest BCUT2D eigenvalue weighted by atomic mass is 16.2. The van der Waals surface area contributed by atoms with Gasteiger partial charge >= 0.3 is 0 Å². The lowest BCUT2D eigenvalue weighted by atomic mass is 9.79. The Morgan fingerprint density at radius 3 is 2.14 bits per heavy atom. The molecule has 3 heterocycles. The van der Waals surface area contributed by atoms with Crippen LogP contribution in [0, 0.1) is 5.92 Å². The van der Waals surface area contributed by atoms with Crippen LogP contribution in [0.1, 0.15) is 33.1 Å². The largest absolute Gasteiger partial charge is 0.350 e. The number of carbonyl (C=O) groups excluding carboxylic acids is 1. The molecular formula is C11H20N2O. The van der Waals surface area contributed by atoms with Gasteiger partial charge < -0.3 is 10.2 Å². The molecule has 2 bridgehead atoms. The molecule has 1 N–H and O–H groups in total. The second-order valence-corrected chi connectivity index (χ2v) is 5.02. The number of nitrogens with one attached hydrogen (secondary N) is 1. The van der Waals surface area contributed by atoms with Crippen LogP contribution in [0.2, 0.25) is 0 Å². The zero-order valence-electron chi connectivity index (χ0n) is 9.18. The molecule has 0 spiro atoms. The minimum atomic E-state index is 0.115. The van der Waals surface area contributed by atoms with E-state index in [0.717, 1.165) is 19.3 Å². The molecule has 0 aromatic heterocycles. The van der Waals surface area contributed by atoms with Crippen molar-refractivity contribution < 1.29 is 4.79 Å². The molecule has 1 amide bonds. The fourth-order valence-electron chi connectivity index (χ4n) is 2.42. The highest BCUT2D eigenvalue weighted by Gasteiger charge is 2.40. The van der Waals surface area contributed by atoms with Crippen molar-refractivity contribution in [1.29, 1.82) is 0 Å². The lowest BCUT2D eigenvalue weighted by molar-refractivity contribution is -0.127. The van der Waals surface area contributed by atoms with E-state index in [9.17, 15) is 4.79 Å². The van der Waals surface area contributed by atoms with Crippen LogP contribution in [0.25, 0.3) is 0 Å². The number of rotatable bonds is 2. The quantitative estimate of drug-likeness (QED) is 0.714. The van der Waals surface area contributed by atoms with Crippen LogP contribution in [-0.4, -0.2) is 36.0 Å². The maximum atomic E-state index is 11.7. The molecule has 0 radical (unpaired) electrons. The van der Waals surface area contributed by atoms with E-state index in [2.05, 4.69) is 10.2 Å². The summed E-state index contributed by atoms with van der Waals surface area (Å²) >= 11 is 0. The fourth-order valence-corrected chi connectivity index (χ4v) is 2.42. The van der Waals surface area contributed by atoms with Crippen molar-refractivity contribution in [2.75, 3.05) is 19.6 Å². The van der Waals surface area contributed by atoms with Gasteiger partial charge in [-0.3, -0.25) is 4.79 Å². The summed E-state index contributed by atoms with van der Waals surface area (Å²) in [7, 11) is 0. The smallest absolute Gasteiger partial charge is 0.222 e. The third-order valence-electron chi connectivity index (χ3n) is 3.63. The van der Waals surface area contributed by atoms with Crippen molar-refractivity contribution in [3.8, 4) is 0 Å². The lowest BCUT2D eigenvalue weighted by Crippen LogP contribution is -2.61. The molecule has 3 saturated heterocycles. The van der Waals surface area contributed by atoms with E-state index in [0.29, 0.717) is 0 Å². The first kappa shape index (κ1) is 9.97. The van der Waals surface area contributed by atoms with Crippen LogP contribution < -0.4 is 5.32 Å². The average molecular weight is 196 g/mol. The molecule has 80 valence electrons. The molecule has 14 heavy (non-hydrogen) atoms. The molecule has 3 fully saturated rings. The molecule has 3 aliphatic rings. The van der Waals surface area contributed by atoms with Gasteiger partial charge in [0.05, 0.1) is 0 Å².